The molecule has 0 saturated heterocycles. The van der Waals surface area contributed by atoms with E-state index in [2.05, 4.69) is 4.98 Å². The molecule has 2 heterocycles. The Morgan fingerprint density at radius 3 is 2.95 bits per heavy atom. The summed E-state index contributed by atoms with van der Waals surface area (Å²) in [5, 5.41) is 11.0. The number of ether oxygens (including phenoxy) is 2. The number of methoxy groups -OCH3 is 1. The average Bonchev–Trinajstić information content (AvgIpc) is 2.90. The minimum absolute atomic E-state index is 0.00865. The summed E-state index contributed by atoms with van der Waals surface area (Å²) in [6.45, 7) is 1.60. The van der Waals surface area contributed by atoms with E-state index in [1.165, 1.54) is 18.4 Å². The lowest BCUT2D eigenvalue weighted by Crippen LogP contribution is -2.25. The molecule has 19 heavy (non-hydrogen) atoms. The Labute approximate surface area is 113 Å². The molecule has 1 aromatic rings. The van der Waals surface area contributed by atoms with E-state index in [4.69, 9.17) is 15.2 Å². The number of hydrogen-bond donors (Lipinski definition) is 1. The quantitative estimate of drug-likeness (QED) is 0.820. The Bertz CT molecular complexity index is 611. The topological polar surface area (TPSA) is 98.2 Å². The zero-order valence-corrected chi connectivity index (χ0v) is 11.2. The first-order chi connectivity index (χ1) is 9.10. The zero-order chi connectivity index (χ0) is 14.0. The normalized spacial score (nSPS) is 18.9. The Morgan fingerprint density at radius 1 is 1.68 bits per heavy atom. The van der Waals surface area contributed by atoms with Gasteiger partial charge >= 0.3 is 5.97 Å². The second-order valence-electron chi connectivity index (χ2n) is 3.80. The average molecular weight is 277 g/mol. The van der Waals surface area contributed by atoms with Crippen LogP contribution in [0.25, 0.3) is 0 Å². The van der Waals surface area contributed by atoms with E-state index in [1.807, 2.05) is 6.07 Å². The van der Waals surface area contributed by atoms with Crippen molar-refractivity contribution in [1.82, 2.24) is 4.98 Å². The Kier molecular flexibility index (Phi) is 3.53. The summed E-state index contributed by atoms with van der Waals surface area (Å²) in [5.41, 5.74) is 8.32. The molecule has 1 aromatic heterocycles. The summed E-state index contributed by atoms with van der Waals surface area (Å²) in [7, 11) is 1.27. The van der Waals surface area contributed by atoms with Gasteiger partial charge in [-0.25, -0.2) is 9.78 Å². The van der Waals surface area contributed by atoms with E-state index in [1.54, 1.807) is 17.8 Å². The molecule has 0 saturated carbocycles. The Hall–Kier alpha value is -2.33. The number of esters is 1. The lowest BCUT2D eigenvalue weighted by molar-refractivity contribution is -0.136. The van der Waals surface area contributed by atoms with E-state index in [0.29, 0.717) is 11.5 Å². The van der Waals surface area contributed by atoms with E-state index in [-0.39, 0.29) is 17.0 Å². The fraction of sp³-hybridized carbons (Fsp3) is 0.250. The smallest absolute Gasteiger partial charge is 0.338 e. The second kappa shape index (κ2) is 5.12. The number of nitrogens with zero attached hydrogens (tertiary/aromatic N) is 2. The third-order valence-corrected chi connectivity index (χ3v) is 3.36. The third-order valence-electron chi connectivity index (χ3n) is 2.76. The van der Waals surface area contributed by atoms with E-state index in [9.17, 15) is 10.1 Å². The Balaban J connectivity index is 2.61. The van der Waals surface area contributed by atoms with Gasteiger partial charge in [0.05, 0.1) is 29.8 Å². The predicted octanol–water partition coefficient (Wildman–Crippen LogP) is 1.40. The number of thiazole rings is 1. The van der Waals surface area contributed by atoms with Crippen LogP contribution >= 0.6 is 11.3 Å². The first-order valence-corrected chi connectivity index (χ1v) is 6.29. The summed E-state index contributed by atoms with van der Waals surface area (Å²) in [6, 6.07) is 1.97. The van der Waals surface area contributed by atoms with Crippen molar-refractivity contribution in [2.45, 2.75) is 12.8 Å². The summed E-state index contributed by atoms with van der Waals surface area (Å²) in [4.78, 5) is 16.0. The molecular formula is C12H11N3O3S. The van der Waals surface area contributed by atoms with Crippen LogP contribution < -0.4 is 5.73 Å². The molecule has 1 unspecified atom stereocenters. The maximum absolute atomic E-state index is 11.9. The molecule has 7 heteroatoms. The van der Waals surface area contributed by atoms with Crippen molar-refractivity contribution in [3.63, 3.8) is 0 Å². The molecule has 0 aliphatic carbocycles. The number of nitrogens with two attached hydrogens (primary N) is 1. The maximum Gasteiger partial charge on any atom is 0.338 e. The monoisotopic (exact) mass is 277 g/mol. The molecule has 1 aliphatic rings. The van der Waals surface area contributed by atoms with Crippen LogP contribution in [0.5, 0.6) is 0 Å². The minimum atomic E-state index is -0.641. The van der Waals surface area contributed by atoms with Crippen molar-refractivity contribution in [3.05, 3.63) is 39.4 Å². The standard InChI is InChI=1S/C12H11N3O3S/c1-6-9(12(16)17-2)10(8-4-19-5-15-8)7(3-13)11(14)18-6/h4-5,10H,14H2,1-2H3. The Morgan fingerprint density at radius 2 is 2.42 bits per heavy atom. The number of nitriles is 1. The number of rotatable bonds is 2. The maximum atomic E-state index is 11.9. The van der Waals surface area contributed by atoms with Gasteiger partial charge in [-0.1, -0.05) is 0 Å². The van der Waals surface area contributed by atoms with Gasteiger partial charge in [0.1, 0.15) is 17.4 Å². The van der Waals surface area contributed by atoms with Crippen molar-refractivity contribution in [3.8, 4) is 6.07 Å². The van der Waals surface area contributed by atoms with Gasteiger partial charge in [-0.3, -0.25) is 0 Å². The molecule has 0 bridgehead atoms. The van der Waals surface area contributed by atoms with Crippen LogP contribution in [0.3, 0.4) is 0 Å². The number of aromatic nitrogens is 1. The SMILES string of the molecule is COC(=O)C1=C(C)OC(N)=C(C#N)C1c1cscn1. The lowest BCUT2D eigenvalue weighted by Gasteiger charge is -2.24. The summed E-state index contributed by atoms with van der Waals surface area (Å²) < 4.78 is 9.99. The van der Waals surface area contributed by atoms with Crippen LogP contribution in [0.2, 0.25) is 0 Å². The van der Waals surface area contributed by atoms with Crippen molar-refractivity contribution in [1.29, 1.82) is 5.26 Å². The van der Waals surface area contributed by atoms with Crippen molar-refractivity contribution in [2.24, 2.45) is 5.73 Å². The number of carbonyl (C=O) groups excluding carboxylic acids is 1. The number of allylic oxidation sites excluding steroid dienone is 2. The molecule has 2 rings (SSSR count). The van der Waals surface area contributed by atoms with E-state index in [0.717, 1.165) is 0 Å². The predicted molar refractivity (Wildman–Crippen MR) is 67.5 cm³/mol. The van der Waals surface area contributed by atoms with Gasteiger partial charge < -0.3 is 15.2 Å². The number of hydrogen-bond acceptors (Lipinski definition) is 7. The number of carbonyl (C=O) groups is 1. The van der Waals surface area contributed by atoms with Crippen LogP contribution in [0.1, 0.15) is 18.5 Å². The van der Waals surface area contributed by atoms with E-state index >= 15 is 0 Å². The van der Waals surface area contributed by atoms with Gasteiger partial charge in [0, 0.05) is 5.38 Å². The second-order valence-corrected chi connectivity index (χ2v) is 4.52. The summed E-state index contributed by atoms with van der Waals surface area (Å²) >= 11 is 1.37. The van der Waals surface area contributed by atoms with Crippen LogP contribution in [0, 0.1) is 11.3 Å². The van der Waals surface area contributed by atoms with Crippen LogP contribution in [0.15, 0.2) is 33.7 Å². The fourth-order valence-corrected chi connectivity index (χ4v) is 2.50. The third kappa shape index (κ3) is 2.18. The van der Waals surface area contributed by atoms with Gasteiger partial charge in [-0.05, 0) is 6.92 Å². The van der Waals surface area contributed by atoms with Gasteiger partial charge in [0.2, 0.25) is 5.88 Å². The van der Waals surface area contributed by atoms with Crippen LogP contribution in [-0.2, 0) is 14.3 Å². The van der Waals surface area contributed by atoms with Crippen LogP contribution in [0.4, 0.5) is 0 Å². The largest absolute Gasteiger partial charge is 0.466 e. The minimum Gasteiger partial charge on any atom is -0.466 e. The summed E-state index contributed by atoms with van der Waals surface area (Å²) in [5.74, 6) is -0.889. The molecule has 98 valence electrons. The molecule has 1 atom stereocenters. The zero-order valence-electron chi connectivity index (χ0n) is 10.3. The molecule has 0 radical (unpaired) electrons. The molecule has 0 fully saturated rings. The van der Waals surface area contributed by atoms with E-state index < -0.39 is 11.9 Å². The van der Waals surface area contributed by atoms with Crippen LogP contribution in [-0.4, -0.2) is 18.1 Å². The highest BCUT2D eigenvalue weighted by Gasteiger charge is 2.37. The van der Waals surface area contributed by atoms with Gasteiger partial charge in [0.25, 0.3) is 0 Å². The molecule has 0 spiro atoms. The molecule has 6 nitrogen and oxygen atoms in total. The highest BCUT2D eigenvalue weighted by atomic mass is 32.1. The molecule has 2 N–H and O–H groups in total. The van der Waals surface area contributed by atoms with Crippen molar-refractivity contribution >= 4 is 17.3 Å². The molecule has 1 aliphatic heterocycles. The van der Waals surface area contributed by atoms with Crippen molar-refractivity contribution < 1.29 is 14.3 Å². The molecule has 0 amide bonds. The van der Waals surface area contributed by atoms with Gasteiger partial charge in [-0.15, -0.1) is 11.3 Å². The molecular weight excluding hydrogens is 266 g/mol. The fourth-order valence-electron chi connectivity index (χ4n) is 1.92. The highest BCUT2D eigenvalue weighted by molar-refractivity contribution is 7.07. The first-order valence-electron chi connectivity index (χ1n) is 5.34. The summed E-state index contributed by atoms with van der Waals surface area (Å²) in [6.07, 6.45) is 0. The molecule has 0 aromatic carbocycles. The lowest BCUT2D eigenvalue weighted by atomic mass is 9.87. The first kappa shape index (κ1) is 13.1. The van der Waals surface area contributed by atoms with Crippen molar-refractivity contribution in [2.75, 3.05) is 7.11 Å². The highest BCUT2D eigenvalue weighted by Crippen LogP contribution is 2.38. The van der Waals surface area contributed by atoms with Gasteiger partial charge in [-0.2, -0.15) is 5.26 Å². The van der Waals surface area contributed by atoms with Gasteiger partial charge in [0.15, 0.2) is 0 Å².